The molecule has 1 aromatic carbocycles. The summed E-state index contributed by atoms with van der Waals surface area (Å²) in [5.74, 6) is -2.24. The van der Waals surface area contributed by atoms with Crippen molar-refractivity contribution in [3.63, 3.8) is 0 Å². The molecule has 26 heavy (non-hydrogen) atoms. The quantitative estimate of drug-likeness (QED) is 0.696. The van der Waals surface area contributed by atoms with E-state index in [1.54, 1.807) is 31.2 Å². The van der Waals surface area contributed by atoms with Crippen molar-refractivity contribution < 1.29 is 31.9 Å². The highest BCUT2D eigenvalue weighted by atomic mass is 32.2. The van der Waals surface area contributed by atoms with Gasteiger partial charge in [-0.25, -0.2) is 13.2 Å². The van der Waals surface area contributed by atoms with E-state index in [0.717, 1.165) is 0 Å². The van der Waals surface area contributed by atoms with Crippen LogP contribution in [0, 0.1) is 0 Å². The zero-order valence-corrected chi connectivity index (χ0v) is 15.2. The Morgan fingerprint density at radius 2 is 1.88 bits per heavy atom. The van der Waals surface area contributed by atoms with Gasteiger partial charge in [0.2, 0.25) is 11.7 Å². The van der Waals surface area contributed by atoms with Crippen molar-refractivity contribution in [3.8, 4) is 5.75 Å². The number of carbonyl (C=O) groups is 2. The minimum atomic E-state index is -3.80. The standard InChI is InChI=1S/C17H19NO7S/c1-3-24-17(20)15-9-8-12(25-15)10-26(21,22)11-16(19)18-13-6-4-5-7-14(13)23-2/h4-9H,3,10-11H2,1-2H3,(H,18,19). The predicted octanol–water partition coefficient (Wildman–Crippen LogP) is 2.02. The number of hydrogen-bond acceptors (Lipinski definition) is 7. The summed E-state index contributed by atoms with van der Waals surface area (Å²) in [6.45, 7) is 1.82. The van der Waals surface area contributed by atoms with Crippen molar-refractivity contribution in [1.82, 2.24) is 0 Å². The van der Waals surface area contributed by atoms with Crippen LogP contribution in [0.5, 0.6) is 5.75 Å². The first-order valence-corrected chi connectivity index (χ1v) is 9.56. The van der Waals surface area contributed by atoms with E-state index in [1.807, 2.05) is 0 Å². The second-order valence-corrected chi connectivity index (χ2v) is 7.33. The highest BCUT2D eigenvalue weighted by Gasteiger charge is 2.21. The van der Waals surface area contributed by atoms with E-state index < -0.39 is 33.2 Å². The number of carbonyl (C=O) groups excluding carboxylic acids is 2. The summed E-state index contributed by atoms with van der Waals surface area (Å²) >= 11 is 0. The molecule has 0 saturated carbocycles. The number of ether oxygens (including phenoxy) is 2. The molecule has 0 fully saturated rings. The molecule has 0 saturated heterocycles. The Kier molecular flexibility index (Phi) is 6.40. The maximum absolute atomic E-state index is 12.2. The van der Waals surface area contributed by atoms with Crippen LogP contribution >= 0.6 is 0 Å². The molecule has 1 aromatic heterocycles. The molecule has 0 aliphatic carbocycles. The van der Waals surface area contributed by atoms with Gasteiger partial charge in [0.15, 0.2) is 9.84 Å². The molecular weight excluding hydrogens is 362 g/mol. The van der Waals surface area contributed by atoms with Crippen molar-refractivity contribution in [2.45, 2.75) is 12.7 Å². The Morgan fingerprint density at radius 1 is 1.15 bits per heavy atom. The molecule has 2 aromatic rings. The summed E-state index contributed by atoms with van der Waals surface area (Å²) in [4.78, 5) is 23.6. The number of sulfone groups is 1. The Morgan fingerprint density at radius 3 is 2.58 bits per heavy atom. The molecule has 9 heteroatoms. The second-order valence-electron chi connectivity index (χ2n) is 5.27. The first kappa shape index (κ1) is 19.5. The third-order valence-corrected chi connectivity index (χ3v) is 4.66. The maximum atomic E-state index is 12.2. The number of nitrogens with one attached hydrogen (secondary N) is 1. The number of amides is 1. The van der Waals surface area contributed by atoms with Gasteiger partial charge in [0.25, 0.3) is 0 Å². The fraction of sp³-hybridized carbons (Fsp3) is 0.294. The van der Waals surface area contributed by atoms with Gasteiger partial charge in [0, 0.05) is 0 Å². The zero-order chi connectivity index (χ0) is 19.2. The molecule has 0 radical (unpaired) electrons. The molecule has 140 valence electrons. The molecule has 1 N–H and O–H groups in total. The van der Waals surface area contributed by atoms with Crippen LogP contribution in [0.2, 0.25) is 0 Å². The SMILES string of the molecule is CCOC(=O)c1ccc(CS(=O)(=O)CC(=O)Nc2ccccc2OC)o1. The Balaban J connectivity index is 2.00. The Bertz CT molecular complexity index is 886. The van der Waals surface area contributed by atoms with Gasteiger partial charge in [0.1, 0.15) is 23.0 Å². The lowest BCUT2D eigenvalue weighted by atomic mass is 10.3. The van der Waals surface area contributed by atoms with Gasteiger partial charge >= 0.3 is 5.97 Å². The largest absolute Gasteiger partial charge is 0.495 e. The molecule has 0 aliphatic rings. The maximum Gasteiger partial charge on any atom is 0.374 e. The molecule has 1 amide bonds. The zero-order valence-electron chi connectivity index (χ0n) is 14.4. The molecule has 0 unspecified atom stereocenters. The fourth-order valence-corrected chi connectivity index (χ4v) is 3.33. The van der Waals surface area contributed by atoms with Crippen LogP contribution in [-0.2, 0) is 25.1 Å². The van der Waals surface area contributed by atoms with Crippen LogP contribution in [0.15, 0.2) is 40.8 Å². The van der Waals surface area contributed by atoms with E-state index in [2.05, 4.69) is 5.32 Å². The molecular formula is C17H19NO7S. The van der Waals surface area contributed by atoms with E-state index in [0.29, 0.717) is 11.4 Å². The lowest BCUT2D eigenvalue weighted by Gasteiger charge is -2.09. The van der Waals surface area contributed by atoms with E-state index >= 15 is 0 Å². The Hall–Kier alpha value is -2.81. The number of furan rings is 1. The van der Waals surface area contributed by atoms with Crippen molar-refractivity contribution >= 4 is 27.4 Å². The van der Waals surface area contributed by atoms with Gasteiger partial charge < -0.3 is 19.2 Å². The normalized spacial score (nSPS) is 11.0. The minimum absolute atomic E-state index is 0.0538. The van der Waals surface area contributed by atoms with Crippen LogP contribution in [0.3, 0.4) is 0 Å². The lowest BCUT2D eigenvalue weighted by Crippen LogP contribution is -2.24. The predicted molar refractivity (Wildman–Crippen MR) is 93.8 cm³/mol. The summed E-state index contributed by atoms with van der Waals surface area (Å²) in [6, 6.07) is 9.35. The summed E-state index contributed by atoms with van der Waals surface area (Å²) < 4.78 is 39.4. The van der Waals surface area contributed by atoms with Crippen molar-refractivity contribution in [2.24, 2.45) is 0 Å². The van der Waals surface area contributed by atoms with E-state index in [4.69, 9.17) is 13.9 Å². The molecule has 2 rings (SSSR count). The second kappa shape index (κ2) is 8.52. The first-order valence-electron chi connectivity index (χ1n) is 7.73. The smallest absolute Gasteiger partial charge is 0.374 e. The monoisotopic (exact) mass is 381 g/mol. The van der Waals surface area contributed by atoms with Gasteiger partial charge in [-0.15, -0.1) is 0 Å². The van der Waals surface area contributed by atoms with Crippen LogP contribution in [0.4, 0.5) is 5.69 Å². The van der Waals surface area contributed by atoms with Crippen molar-refractivity contribution in [2.75, 3.05) is 24.8 Å². The molecule has 0 aliphatic heterocycles. The van der Waals surface area contributed by atoms with Gasteiger partial charge in [-0.05, 0) is 31.2 Å². The van der Waals surface area contributed by atoms with Gasteiger partial charge in [-0.1, -0.05) is 12.1 Å². The van der Waals surface area contributed by atoms with Crippen LogP contribution in [0.1, 0.15) is 23.2 Å². The van der Waals surface area contributed by atoms with Gasteiger partial charge in [0.05, 0.1) is 19.4 Å². The average molecular weight is 381 g/mol. The summed E-state index contributed by atoms with van der Waals surface area (Å²) in [5, 5.41) is 2.50. The highest BCUT2D eigenvalue weighted by Crippen LogP contribution is 2.23. The van der Waals surface area contributed by atoms with Crippen molar-refractivity contribution in [3.05, 3.63) is 47.9 Å². The van der Waals surface area contributed by atoms with Crippen LogP contribution in [-0.4, -0.2) is 39.8 Å². The lowest BCUT2D eigenvalue weighted by molar-refractivity contribution is -0.113. The summed E-state index contributed by atoms with van der Waals surface area (Å²) in [7, 11) is -2.35. The topological polar surface area (TPSA) is 112 Å². The van der Waals surface area contributed by atoms with Crippen molar-refractivity contribution in [1.29, 1.82) is 0 Å². The molecule has 8 nitrogen and oxygen atoms in total. The van der Waals surface area contributed by atoms with E-state index in [-0.39, 0.29) is 18.1 Å². The average Bonchev–Trinajstić information content (AvgIpc) is 3.02. The van der Waals surface area contributed by atoms with Gasteiger partial charge in [-0.2, -0.15) is 0 Å². The third-order valence-electron chi connectivity index (χ3n) is 3.23. The number of para-hydroxylation sites is 2. The number of rotatable bonds is 8. The summed E-state index contributed by atoms with van der Waals surface area (Å²) in [5.41, 5.74) is 0.373. The van der Waals surface area contributed by atoms with E-state index in [1.165, 1.54) is 19.2 Å². The molecule has 1 heterocycles. The summed E-state index contributed by atoms with van der Waals surface area (Å²) in [6.07, 6.45) is 0. The number of anilines is 1. The molecule has 0 spiro atoms. The third kappa shape index (κ3) is 5.35. The fourth-order valence-electron chi connectivity index (χ4n) is 2.17. The Labute approximate surface area is 151 Å². The number of hydrogen-bond donors (Lipinski definition) is 1. The minimum Gasteiger partial charge on any atom is -0.495 e. The van der Waals surface area contributed by atoms with E-state index in [9.17, 15) is 18.0 Å². The number of methoxy groups -OCH3 is 1. The number of benzene rings is 1. The first-order chi connectivity index (χ1) is 12.3. The molecule has 0 atom stereocenters. The van der Waals surface area contributed by atoms with Crippen LogP contribution < -0.4 is 10.1 Å². The molecule has 0 bridgehead atoms. The number of esters is 1. The highest BCUT2D eigenvalue weighted by molar-refractivity contribution is 7.91. The van der Waals surface area contributed by atoms with Crippen LogP contribution in [0.25, 0.3) is 0 Å². The van der Waals surface area contributed by atoms with Gasteiger partial charge in [-0.3, -0.25) is 4.79 Å².